The summed E-state index contributed by atoms with van der Waals surface area (Å²) in [5.41, 5.74) is -2.13. The van der Waals surface area contributed by atoms with Crippen LogP contribution >= 0.6 is 0 Å². The van der Waals surface area contributed by atoms with E-state index in [0.29, 0.717) is 19.4 Å². The number of ether oxygens (including phenoxy) is 3. The van der Waals surface area contributed by atoms with Crippen LogP contribution in [-0.2, 0) is 28.6 Å². The molecule has 0 radical (unpaired) electrons. The molecule has 1 saturated carbocycles. The number of carbonyl (C=O) groups excluding carboxylic acids is 3. The molecule has 0 aromatic carbocycles. The molecule has 0 unspecified atom stereocenters. The van der Waals surface area contributed by atoms with Crippen molar-refractivity contribution in [1.82, 2.24) is 0 Å². The molecule has 0 aromatic heterocycles. The zero-order valence-corrected chi connectivity index (χ0v) is 14.9. The van der Waals surface area contributed by atoms with Crippen LogP contribution in [0.2, 0.25) is 0 Å². The zero-order valence-electron chi connectivity index (χ0n) is 14.9. The first kappa shape index (κ1) is 18.9. The van der Waals surface area contributed by atoms with Gasteiger partial charge in [-0.3, -0.25) is 14.4 Å². The van der Waals surface area contributed by atoms with Gasteiger partial charge in [0.15, 0.2) is 5.41 Å². The molecule has 2 fully saturated rings. The maximum absolute atomic E-state index is 12.7. The molecule has 1 heterocycles. The van der Waals surface area contributed by atoms with Gasteiger partial charge in [-0.05, 0) is 52.9 Å². The fraction of sp³-hybridized carbons (Fsp3) is 0.833. The van der Waals surface area contributed by atoms with Crippen LogP contribution in [0.4, 0.5) is 0 Å². The Labute approximate surface area is 143 Å². The molecule has 0 amide bonds. The minimum absolute atomic E-state index is 0.0539. The van der Waals surface area contributed by atoms with E-state index in [4.69, 9.17) is 14.2 Å². The molecule has 6 nitrogen and oxygen atoms in total. The molecule has 0 N–H and O–H groups in total. The second-order valence-electron chi connectivity index (χ2n) is 6.77. The Kier molecular flexibility index (Phi) is 6.01. The predicted molar refractivity (Wildman–Crippen MR) is 86.3 cm³/mol. The molecule has 1 aliphatic carbocycles. The number of ketones is 1. The molecule has 2 rings (SSSR count). The molecule has 1 aliphatic heterocycles. The monoisotopic (exact) mass is 340 g/mol. The third-order valence-electron chi connectivity index (χ3n) is 5.30. The highest BCUT2D eigenvalue weighted by Gasteiger charge is 2.61. The first-order chi connectivity index (χ1) is 11.4. The molecule has 1 saturated heterocycles. The van der Waals surface area contributed by atoms with Crippen molar-refractivity contribution in [3.05, 3.63) is 0 Å². The smallest absolute Gasteiger partial charge is 0.323 e. The van der Waals surface area contributed by atoms with E-state index < -0.39 is 23.0 Å². The number of carbonyl (C=O) groups is 3. The average molecular weight is 340 g/mol. The third kappa shape index (κ3) is 3.34. The summed E-state index contributed by atoms with van der Waals surface area (Å²) in [4.78, 5) is 37.5. The van der Waals surface area contributed by atoms with Crippen molar-refractivity contribution in [3.63, 3.8) is 0 Å². The molecule has 1 spiro atoms. The van der Waals surface area contributed by atoms with Crippen molar-refractivity contribution in [1.29, 1.82) is 0 Å². The first-order valence-electron chi connectivity index (χ1n) is 8.90. The van der Waals surface area contributed by atoms with Gasteiger partial charge < -0.3 is 14.2 Å². The van der Waals surface area contributed by atoms with Crippen LogP contribution in [0.25, 0.3) is 0 Å². The largest absolute Gasteiger partial charge is 0.465 e. The summed E-state index contributed by atoms with van der Waals surface area (Å²) in [7, 11) is 0. The topological polar surface area (TPSA) is 78.9 Å². The highest BCUT2D eigenvalue weighted by molar-refractivity contribution is 6.00. The number of esters is 2. The van der Waals surface area contributed by atoms with Gasteiger partial charge in [0.05, 0.1) is 18.8 Å². The van der Waals surface area contributed by atoms with Gasteiger partial charge in [0.2, 0.25) is 0 Å². The van der Waals surface area contributed by atoms with Gasteiger partial charge in [-0.1, -0.05) is 0 Å². The lowest BCUT2D eigenvalue weighted by atomic mass is 9.60. The molecule has 136 valence electrons. The van der Waals surface area contributed by atoms with E-state index in [1.54, 1.807) is 20.8 Å². The van der Waals surface area contributed by atoms with E-state index in [9.17, 15) is 14.4 Å². The van der Waals surface area contributed by atoms with E-state index in [1.807, 2.05) is 0 Å². The maximum Gasteiger partial charge on any atom is 0.323 e. The standard InChI is InChI=1S/C18H28O6/c1-4-22-15(20)17(16(21)23-5-2)10-8-14(13(3)19)18(12-17)9-6-7-11-24-18/h14H,4-12H2,1-3H3/t14-,18-/m1/s1. The van der Waals surface area contributed by atoms with Gasteiger partial charge in [0.25, 0.3) is 0 Å². The lowest BCUT2D eigenvalue weighted by Crippen LogP contribution is -2.58. The number of hydrogen-bond donors (Lipinski definition) is 0. The SMILES string of the molecule is CCOC(=O)C1(C(=O)OCC)CC[C@H](C(C)=O)[C@@]2(CCCCO2)C1. The maximum atomic E-state index is 12.7. The molecule has 0 aromatic rings. The van der Waals surface area contributed by atoms with Gasteiger partial charge in [0.1, 0.15) is 5.78 Å². The highest BCUT2D eigenvalue weighted by Crippen LogP contribution is 2.51. The fourth-order valence-electron chi connectivity index (χ4n) is 4.21. The van der Waals surface area contributed by atoms with Crippen LogP contribution in [0.1, 0.15) is 59.3 Å². The molecule has 2 atom stereocenters. The summed E-state index contributed by atoms with van der Waals surface area (Å²) in [6, 6.07) is 0. The van der Waals surface area contributed by atoms with Crippen LogP contribution < -0.4 is 0 Å². The van der Waals surface area contributed by atoms with Crippen LogP contribution in [0.3, 0.4) is 0 Å². The molecule has 0 bridgehead atoms. The first-order valence-corrected chi connectivity index (χ1v) is 8.90. The van der Waals surface area contributed by atoms with Crippen molar-refractivity contribution in [3.8, 4) is 0 Å². The minimum atomic E-state index is -1.37. The highest BCUT2D eigenvalue weighted by atomic mass is 16.6. The number of rotatable bonds is 5. The quantitative estimate of drug-likeness (QED) is 0.565. The zero-order chi connectivity index (χ0) is 17.8. The van der Waals surface area contributed by atoms with Gasteiger partial charge in [-0.2, -0.15) is 0 Å². The van der Waals surface area contributed by atoms with Crippen LogP contribution in [0, 0.1) is 11.3 Å². The number of Topliss-reactive ketones (excluding diaryl/α,β-unsaturated/α-hetero) is 1. The second kappa shape index (κ2) is 7.64. The second-order valence-corrected chi connectivity index (χ2v) is 6.77. The van der Waals surface area contributed by atoms with E-state index in [0.717, 1.165) is 12.8 Å². The lowest BCUT2D eigenvalue weighted by Gasteiger charge is -2.50. The number of hydrogen-bond acceptors (Lipinski definition) is 6. The van der Waals surface area contributed by atoms with Crippen LogP contribution in [0.15, 0.2) is 0 Å². The minimum Gasteiger partial charge on any atom is -0.465 e. The van der Waals surface area contributed by atoms with Crippen LogP contribution in [-0.4, -0.2) is 43.1 Å². The van der Waals surface area contributed by atoms with Gasteiger partial charge in [-0.15, -0.1) is 0 Å². The Morgan fingerprint density at radius 2 is 1.67 bits per heavy atom. The fourth-order valence-corrected chi connectivity index (χ4v) is 4.21. The summed E-state index contributed by atoms with van der Waals surface area (Å²) in [6.07, 6.45) is 3.40. The van der Waals surface area contributed by atoms with Crippen molar-refractivity contribution in [2.24, 2.45) is 11.3 Å². The van der Waals surface area contributed by atoms with Crippen molar-refractivity contribution in [2.75, 3.05) is 19.8 Å². The Bertz CT molecular complexity index is 474. The average Bonchev–Trinajstić information content (AvgIpc) is 2.55. The van der Waals surface area contributed by atoms with Crippen LogP contribution in [0.5, 0.6) is 0 Å². The van der Waals surface area contributed by atoms with E-state index in [2.05, 4.69) is 0 Å². The molecule has 2 aliphatic rings. The van der Waals surface area contributed by atoms with Crippen molar-refractivity contribution < 1.29 is 28.6 Å². The predicted octanol–water partition coefficient (Wildman–Crippen LogP) is 2.43. The van der Waals surface area contributed by atoms with Gasteiger partial charge in [0, 0.05) is 18.9 Å². The summed E-state index contributed by atoms with van der Waals surface area (Å²) < 4.78 is 16.5. The Morgan fingerprint density at radius 1 is 1.04 bits per heavy atom. The Morgan fingerprint density at radius 3 is 2.12 bits per heavy atom. The molecular formula is C18H28O6. The van der Waals surface area contributed by atoms with E-state index in [1.165, 1.54) is 0 Å². The summed E-state index contributed by atoms with van der Waals surface area (Å²) >= 11 is 0. The Balaban J connectivity index is 2.40. The summed E-state index contributed by atoms with van der Waals surface area (Å²) in [6.45, 7) is 5.93. The normalized spacial score (nSPS) is 29.0. The Hall–Kier alpha value is -1.43. The van der Waals surface area contributed by atoms with Gasteiger partial charge >= 0.3 is 11.9 Å². The molecule has 24 heavy (non-hydrogen) atoms. The van der Waals surface area contributed by atoms with E-state index in [-0.39, 0.29) is 37.8 Å². The summed E-state index contributed by atoms with van der Waals surface area (Å²) in [5, 5.41) is 0. The summed E-state index contributed by atoms with van der Waals surface area (Å²) in [5.74, 6) is -1.34. The molecular weight excluding hydrogens is 312 g/mol. The van der Waals surface area contributed by atoms with E-state index >= 15 is 0 Å². The van der Waals surface area contributed by atoms with Crippen molar-refractivity contribution >= 4 is 17.7 Å². The third-order valence-corrected chi connectivity index (χ3v) is 5.30. The lowest BCUT2D eigenvalue weighted by molar-refractivity contribution is -0.200. The van der Waals surface area contributed by atoms with Gasteiger partial charge in [-0.25, -0.2) is 0 Å². The van der Waals surface area contributed by atoms with Crippen molar-refractivity contribution in [2.45, 2.75) is 64.9 Å². The molecule has 6 heteroatoms.